The van der Waals surface area contributed by atoms with E-state index in [0.717, 1.165) is 5.56 Å². The molecule has 0 saturated heterocycles. The summed E-state index contributed by atoms with van der Waals surface area (Å²) in [6.07, 6.45) is -0.895. The molecule has 1 aromatic heterocycles. The molecule has 1 atom stereocenters. The van der Waals surface area contributed by atoms with Crippen LogP contribution < -0.4 is 0 Å². The highest BCUT2D eigenvalue weighted by Crippen LogP contribution is 2.22. The average Bonchev–Trinajstić information content (AvgIpc) is 2.92. The van der Waals surface area contributed by atoms with Crippen molar-refractivity contribution < 1.29 is 18.8 Å². The van der Waals surface area contributed by atoms with Crippen molar-refractivity contribution in [3.05, 3.63) is 52.9 Å². The maximum Gasteiger partial charge on any atom is 0.377 e. The van der Waals surface area contributed by atoms with E-state index in [0.29, 0.717) is 11.3 Å². The number of rotatable bonds is 4. The molecule has 5 nitrogen and oxygen atoms in total. The zero-order valence-electron chi connectivity index (χ0n) is 14.0. The highest BCUT2D eigenvalue weighted by molar-refractivity contribution is 6.01. The Bertz CT molecular complexity index is 707. The monoisotopic (exact) mass is 315 g/mol. The van der Waals surface area contributed by atoms with Crippen LogP contribution in [0.5, 0.6) is 0 Å². The lowest BCUT2D eigenvalue weighted by atomic mass is 9.86. The molecular weight excluding hydrogens is 294 g/mol. The molecule has 0 aliphatic rings. The Balaban J connectivity index is 2.06. The van der Waals surface area contributed by atoms with Crippen molar-refractivity contribution >= 4 is 11.8 Å². The Hall–Kier alpha value is -2.43. The minimum atomic E-state index is -0.895. The van der Waals surface area contributed by atoms with E-state index in [1.54, 1.807) is 26.0 Å². The number of nitrogens with zero attached hydrogens (tertiary/aromatic N) is 1. The summed E-state index contributed by atoms with van der Waals surface area (Å²) < 4.78 is 9.97. The van der Waals surface area contributed by atoms with Crippen LogP contribution in [0.3, 0.4) is 0 Å². The summed E-state index contributed by atoms with van der Waals surface area (Å²) in [7, 11) is 0. The van der Waals surface area contributed by atoms with Crippen molar-refractivity contribution in [3.8, 4) is 0 Å². The van der Waals surface area contributed by atoms with E-state index in [2.05, 4.69) is 25.9 Å². The third kappa shape index (κ3) is 4.06. The predicted octanol–water partition coefficient (Wildman–Crippen LogP) is 3.71. The minimum absolute atomic E-state index is 0.00905. The first-order valence-electron chi connectivity index (χ1n) is 7.47. The quantitative estimate of drug-likeness (QED) is 0.635. The van der Waals surface area contributed by atoms with Crippen molar-refractivity contribution in [2.45, 2.75) is 46.1 Å². The summed E-state index contributed by atoms with van der Waals surface area (Å²) in [5.41, 5.74) is 2.24. The van der Waals surface area contributed by atoms with E-state index < -0.39 is 12.1 Å². The van der Waals surface area contributed by atoms with Crippen LogP contribution >= 0.6 is 0 Å². The van der Waals surface area contributed by atoms with Crippen molar-refractivity contribution in [1.29, 1.82) is 0 Å². The van der Waals surface area contributed by atoms with E-state index in [1.165, 1.54) is 6.07 Å². The van der Waals surface area contributed by atoms with Gasteiger partial charge in [-0.15, -0.1) is 0 Å². The Morgan fingerprint density at radius 3 is 2.26 bits per heavy atom. The van der Waals surface area contributed by atoms with Crippen LogP contribution in [0, 0.1) is 6.92 Å². The van der Waals surface area contributed by atoms with Gasteiger partial charge in [0.05, 0.1) is 5.69 Å². The average molecular weight is 315 g/mol. The van der Waals surface area contributed by atoms with Crippen LogP contribution in [-0.2, 0) is 10.2 Å². The van der Waals surface area contributed by atoms with E-state index in [4.69, 9.17) is 9.26 Å². The summed E-state index contributed by atoms with van der Waals surface area (Å²) in [5, 5.41) is 3.62. The molecule has 1 heterocycles. The molecule has 0 N–H and O–H groups in total. The van der Waals surface area contributed by atoms with Crippen LogP contribution in [0.2, 0.25) is 0 Å². The van der Waals surface area contributed by atoms with Crippen molar-refractivity contribution in [2.75, 3.05) is 0 Å². The van der Waals surface area contributed by atoms with Gasteiger partial charge in [0, 0.05) is 11.6 Å². The van der Waals surface area contributed by atoms with E-state index in [9.17, 15) is 9.59 Å². The SMILES string of the molecule is Cc1cc(C(=O)O[C@H](C)C(=O)c2ccc(C(C)(C)C)cc2)on1. The third-order valence-electron chi connectivity index (χ3n) is 3.52. The number of carbonyl (C=O) groups is 2. The van der Waals surface area contributed by atoms with Crippen LogP contribution in [-0.4, -0.2) is 23.0 Å². The second-order valence-electron chi connectivity index (χ2n) is 6.57. The van der Waals surface area contributed by atoms with Crippen LogP contribution in [0.4, 0.5) is 0 Å². The van der Waals surface area contributed by atoms with E-state index in [-0.39, 0.29) is 17.0 Å². The van der Waals surface area contributed by atoms with Crippen molar-refractivity contribution in [1.82, 2.24) is 5.16 Å². The molecule has 0 bridgehead atoms. The first-order chi connectivity index (χ1) is 10.7. The lowest BCUT2D eigenvalue weighted by Crippen LogP contribution is -2.24. The zero-order chi connectivity index (χ0) is 17.2. The molecule has 1 aromatic carbocycles. The number of Topliss-reactive ketones (excluding diaryl/α,β-unsaturated/α-hetero) is 1. The fraction of sp³-hybridized carbons (Fsp3) is 0.389. The highest BCUT2D eigenvalue weighted by Gasteiger charge is 2.23. The smallest absolute Gasteiger partial charge is 0.377 e. The van der Waals surface area contributed by atoms with Gasteiger partial charge in [-0.2, -0.15) is 0 Å². The predicted molar refractivity (Wildman–Crippen MR) is 85.6 cm³/mol. The maximum atomic E-state index is 12.4. The number of carbonyl (C=O) groups excluding carboxylic acids is 2. The lowest BCUT2D eigenvalue weighted by Gasteiger charge is -2.19. The highest BCUT2D eigenvalue weighted by atomic mass is 16.6. The van der Waals surface area contributed by atoms with Crippen LogP contribution in [0.15, 0.2) is 34.9 Å². The summed E-state index contributed by atoms with van der Waals surface area (Å²) in [5.74, 6) is -0.960. The van der Waals surface area contributed by atoms with Gasteiger partial charge in [-0.1, -0.05) is 50.2 Å². The number of aryl methyl sites for hydroxylation is 1. The van der Waals surface area contributed by atoms with Gasteiger partial charge in [-0.05, 0) is 24.8 Å². The molecule has 0 amide bonds. The Morgan fingerprint density at radius 2 is 1.78 bits per heavy atom. The molecular formula is C18H21NO4. The van der Waals surface area contributed by atoms with Gasteiger partial charge in [0.1, 0.15) is 0 Å². The maximum absolute atomic E-state index is 12.4. The van der Waals surface area contributed by atoms with Gasteiger partial charge >= 0.3 is 5.97 Å². The third-order valence-corrected chi connectivity index (χ3v) is 3.52. The van der Waals surface area contributed by atoms with Crippen LogP contribution in [0.1, 0.15) is 59.9 Å². The molecule has 5 heteroatoms. The molecule has 122 valence electrons. The zero-order valence-corrected chi connectivity index (χ0v) is 14.0. The molecule has 2 rings (SSSR count). The van der Waals surface area contributed by atoms with Crippen LogP contribution in [0.25, 0.3) is 0 Å². The van der Waals surface area contributed by atoms with Crippen molar-refractivity contribution in [2.24, 2.45) is 0 Å². The van der Waals surface area contributed by atoms with Gasteiger partial charge in [-0.3, -0.25) is 4.79 Å². The number of esters is 1. The Morgan fingerprint density at radius 1 is 1.17 bits per heavy atom. The molecule has 0 aliphatic carbocycles. The summed E-state index contributed by atoms with van der Waals surface area (Å²) in [4.78, 5) is 24.2. The van der Waals surface area contributed by atoms with Gasteiger partial charge in [0.25, 0.3) is 0 Å². The topological polar surface area (TPSA) is 69.4 Å². The first kappa shape index (κ1) is 16.9. The molecule has 0 spiro atoms. The lowest BCUT2D eigenvalue weighted by molar-refractivity contribution is 0.0281. The van der Waals surface area contributed by atoms with Gasteiger partial charge in [-0.25, -0.2) is 4.79 Å². The molecule has 0 fully saturated rings. The van der Waals surface area contributed by atoms with E-state index in [1.807, 2.05) is 12.1 Å². The number of benzene rings is 1. The summed E-state index contributed by atoms with van der Waals surface area (Å²) in [6, 6.07) is 8.82. The Labute approximate surface area is 135 Å². The first-order valence-corrected chi connectivity index (χ1v) is 7.47. The molecule has 0 unspecified atom stereocenters. The number of hydrogen-bond donors (Lipinski definition) is 0. The number of ketones is 1. The molecule has 23 heavy (non-hydrogen) atoms. The van der Waals surface area contributed by atoms with Gasteiger partial charge < -0.3 is 9.26 Å². The van der Waals surface area contributed by atoms with Crippen molar-refractivity contribution in [3.63, 3.8) is 0 Å². The molecule has 0 saturated carbocycles. The van der Waals surface area contributed by atoms with Gasteiger partial charge in [0.15, 0.2) is 6.10 Å². The van der Waals surface area contributed by atoms with Gasteiger partial charge in [0.2, 0.25) is 11.5 Å². The fourth-order valence-electron chi connectivity index (χ4n) is 2.10. The number of hydrogen-bond acceptors (Lipinski definition) is 5. The Kier molecular flexibility index (Phi) is 4.68. The standard InChI is InChI=1S/C18H21NO4/c1-11-10-15(23-19-11)17(21)22-12(2)16(20)13-6-8-14(9-7-13)18(3,4)5/h6-10,12H,1-5H3/t12-/m1/s1. The summed E-state index contributed by atoms with van der Waals surface area (Å²) >= 11 is 0. The largest absolute Gasteiger partial charge is 0.448 e. The summed E-state index contributed by atoms with van der Waals surface area (Å²) in [6.45, 7) is 9.56. The second kappa shape index (κ2) is 6.36. The molecule has 0 aliphatic heterocycles. The number of aromatic nitrogens is 1. The second-order valence-corrected chi connectivity index (χ2v) is 6.57. The molecule has 0 radical (unpaired) electrons. The van der Waals surface area contributed by atoms with E-state index >= 15 is 0 Å². The normalized spacial score (nSPS) is 12.7. The molecule has 2 aromatic rings. The fourth-order valence-corrected chi connectivity index (χ4v) is 2.10. The minimum Gasteiger partial charge on any atom is -0.448 e. The number of ether oxygens (including phenoxy) is 1.